The molecule has 0 aromatic carbocycles. The Morgan fingerprint density at radius 1 is 1.53 bits per heavy atom. The average molecular weight is 237 g/mol. The zero-order valence-electron chi connectivity index (χ0n) is 11.1. The second kappa shape index (κ2) is 6.02. The Balaban J connectivity index is 2.39. The maximum absolute atomic E-state index is 11.9. The molecule has 1 aliphatic carbocycles. The van der Waals surface area contributed by atoms with E-state index >= 15 is 0 Å². The van der Waals surface area contributed by atoms with E-state index in [1.165, 1.54) is 0 Å². The molecule has 0 radical (unpaired) electrons. The maximum atomic E-state index is 11.9. The van der Waals surface area contributed by atoms with E-state index in [-0.39, 0.29) is 11.4 Å². The van der Waals surface area contributed by atoms with Crippen molar-refractivity contribution in [2.45, 2.75) is 58.0 Å². The molecule has 0 unspecified atom stereocenters. The molecular formula is C13H23N3O. The van der Waals surface area contributed by atoms with Crippen LogP contribution >= 0.6 is 0 Å². The molecule has 0 atom stereocenters. The van der Waals surface area contributed by atoms with Crippen molar-refractivity contribution < 1.29 is 4.79 Å². The minimum Gasteiger partial charge on any atom is -0.350 e. The Bertz CT molecular complexity index is 302. The Labute approximate surface area is 104 Å². The van der Waals surface area contributed by atoms with Crippen molar-refractivity contribution in [3.63, 3.8) is 0 Å². The van der Waals surface area contributed by atoms with Gasteiger partial charge in [0.15, 0.2) is 0 Å². The Hall–Kier alpha value is -1.08. The van der Waals surface area contributed by atoms with Gasteiger partial charge < -0.3 is 5.32 Å². The maximum Gasteiger partial charge on any atom is 0.234 e. The lowest BCUT2D eigenvalue weighted by molar-refractivity contribution is -0.124. The molecule has 1 amide bonds. The van der Waals surface area contributed by atoms with Crippen molar-refractivity contribution in [1.29, 1.82) is 5.26 Å². The van der Waals surface area contributed by atoms with Crippen molar-refractivity contribution >= 4 is 5.91 Å². The predicted molar refractivity (Wildman–Crippen MR) is 67.3 cm³/mol. The lowest BCUT2D eigenvalue weighted by Crippen LogP contribution is -2.48. The number of rotatable bonds is 7. The summed E-state index contributed by atoms with van der Waals surface area (Å²) in [5, 5.41) is 11.6. The molecule has 96 valence electrons. The molecule has 1 saturated carbocycles. The third-order valence-electron chi connectivity index (χ3n) is 3.28. The molecule has 0 aromatic rings. The number of nitriles is 1. The van der Waals surface area contributed by atoms with Gasteiger partial charge in [-0.3, -0.25) is 9.69 Å². The van der Waals surface area contributed by atoms with Crippen molar-refractivity contribution in [2.24, 2.45) is 0 Å². The number of carbonyl (C=O) groups excluding carboxylic acids is 1. The van der Waals surface area contributed by atoms with Crippen LogP contribution in [0.4, 0.5) is 0 Å². The molecule has 0 bridgehead atoms. The summed E-state index contributed by atoms with van der Waals surface area (Å²) in [4.78, 5) is 14.0. The minimum atomic E-state index is -0.137. The Morgan fingerprint density at radius 2 is 2.18 bits per heavy atom. The number of amides is 1. The molecule has 17 heavy (non-hydrogen) atoms. The van der Waals surface area contributed by atoms with E-state index in [0.717, 1.165) is 19.3 Å². The first-order valence-electron chi connectivity index (χ1n) is 6.40. The van der Waals surface area contributed by atoms with Gasteiger partial charge in [-0.2, -0.15) is 5.26 Å². The molecule has 0 aromatic heterocycles. The summed E-state index contributed by atoms with van der Waals surface area (Å²) in [5.41, 5.74) is -0.137. The molecule has 0 spiro atoms. The van der Waals surface area contributed by atoms with Gasteiger partial charge in [0.2, 0.25) is 5.91 Å². The molecule has 4 nitrogen and oxygen atoms in total. The SMILES string of the molecule is CCC(C)(C)NC(=O)CN(CCC#N)C1CC1. The van der Waals surface area contributed by atoms with E-state index in [4.69, 9.17) is 5.26 Å². The van der Waals surface area contributed by atoms with Crippen LogP contribution < -0.4 is 5.32 Å². The standard InChI is InChI=1S/C13H23N3O/c1-4-13(2,3)15-12(17)10-16(9-5-8-14)11-6-7-11/h11H,4-7,9-10H2,1-3H3,(H,15,17). The molecule has 1 N–H and O–H groups in total. The minimum absolute atomic E-state index is 0.0710. The molecule has 1 rings (SSSR count). The highest BCUT2D eigenvalue weighted by atomic mass is 16.2. The molecule has 0 saturated heterocycles. The number of nitrogens with one attached hydrogen (secondary N) is 1. The number of carbonyl (C=O) groups is 1. The molecular weight excluding hydrogens is 214 g/mol. The Morgan fingerprint density at radius 3 is 2.65 bits per heavy atom. The van der Waals surface area contributed by atoms with E-state index in [9.17, 15) is 4.79 Å². The normalized spacial score (nSPS) is 15.7. The fourth-order valence-electron chi connectivity index (χ4n) is 1.71. The molecule has 1 aliphatic rings. The number of hydrogen-bond acceptors (Lipinski definition) is 3. The first-order chi connectivity index (χ1) is 7.98. The van der Waals surface area contributed by atoms with E-state index in [2.05, 4.69) is 23.2 Å². The van der Waals surface area contributed by atoms with Crippen LogP contribution in [0.3, 0.4) is 0 Å². The lowest BCUT2D eigenvalue weighted by Gasteiger charge is -2.27. The lowest BCUT2D eigenvalue weighted by atomic mass is 10.0. The summed E-state index contributed by atoms with van der Waals surface area (Å²) in [6.45, 7) is 7.26. The second-order valence-electron chi connectivity index (χ2n) is 5.40. The van der Waals surface area contributed by atoms with Crippen molar-refractivity contribution in [3.05, 3.63) is 0 Å². The van der Waals surface area contributed by atoms with Gasteiger partial charge in [-0.15, -0.1) is 0 Å². The zero-order chi connectivity index (χ0) is 12.9. The monoisotopic (exact) mass is 237 g/mol. The van der Waals surface area contributed by atoms with E-state index in [1.54, 1.807) is 0 Å². The van der Waals surface area contributed by atoms with Crippen LogP contribution in [-0.4, -0.2) is 35.5 Å². The van der Waals surface area contributed by atoms with Crippen molar-refractivity contribution in [2.75, 3.05) is 13.1 Å². The van der Waals surface area contributed by atoms with Gasteiger partial charge in [0, 0.05) is 24.5 Å². The predicted octanol–water partition coefficient (Wildman–Crippen LogP) is 1.67. The fraction of sp³-hybridized carbons (Fsp3) is 0.846. The smallest absolute Gasteiger partial charge is 0.234 e. The summed E-state index contributed by atoms with van der Waals surface area (Å²) in [6.07, 6.45) is 3.74. The average Bonchev–Trinajstić information content (AvgIpc) is 3.07. The van der Waals surface area contributed by atoms with Gasteiger partial charge in [-0.25, -0.2) is 0 Å². The zero-order valence-corrected chi connectivity index (χ0v) is 11.1. The topological polar surface area (TPSA) is 56.1 Å². The van der Waals surface area contributed by atoms with Gasteiger partial charge in [-0.1, -0.05) is 6.92 Å². The first-order valence-corrected chi connectivity index (χ1v) is 6.40. The van der Waals surface area contributed by atoms with E-state index in [1.807, 2.05) is 13.8 Å². The molecule has 0 aliphatic heterocycles. The second-order valence-corrected chi connectivity index (χ2v) is 5.40. The summed E-state index contributed by atoms with van der Waals surface area (Å²) >= 11 is 0. The highest BCUT2D eigenvalue weighted by Crippen LogP contribution is 2.26. The van der Waals surface area contributed by atoms with Gasteiger partial charge in [0.05, 0.1) is 12.6 Å². The molecule has 0 heterocycles. The number of nitrogens with zero attached hydrogens (tertiary/aromatic N) is 2. The van der Waals surface area contributed by atoms with Crippen LogP contribution in [0.5, 0.6) is 0 Å². The third kappa shape index (κ3) is 5.18. The van der Waals surface area contributed by atoms with Gasteiger partial charge in [-0.05, 0) is 33.1 Å². The Kier molecular flexibility index (Phi) is 4.95. The summed E-state index contributed by atoms with van der Waals surface area (Å²) in [5.74, 6) is 0.0710. The van der Waals surface area contributed by atoms with Crippen LogP contribution in [0, 0.1) is 11.3 Å². The van der Waals surface area contributed by atoms with Crippen LogP contribution in [0.1, 0.15) is 46.5 Å². The fourth-order valence-corrected chi connectivity index (χ4v) is 1.71. The number of hydrogen-bond donors (Lipinski definition) is 1. The van der Waals surface area contributed by atoms with E-state index < -0.39 is 0 Å². The summed E-state index contributed by atoms with van der Waals surface area (Å²) in [7, 11) is 0. The van der Waals surface area contributed by atoms with Crippen LogP contribution in [0.2, 0.25) is 0 Å². The summed E-state index contributed by atoms with van der Waals surface area (Å²) < 4.78 is 0. The highest BCUT2D eigenvalue weighted by Gasteiger charge is 2.30. The first kappa shape index (κ1) is 14.0. The summed E-state index contributed by atoms with van der Waals surface area (Å²) in [6, 6.07) is 2.67. The van der Waals surface area contributed by atoms with Gasteiger partial charge >= 0.3 is 0 Å². The molecule has 1 fully saturated rings. The van der Waals surface area contributed by atoms with Crippen LogP contribution in [0.15, 0.2) is 0 Å². The largest absolute Gasteiger partial charge is 0.350 e. The van der Waals surface area contributed by atoms with Gasteiger partial charge in [0.25, 0.3) is 0 Å². The molecule has 4 heteroatoms. The van der Waals surface area contributed by atoms with Gasteiger partial charge in [0.1, 0.15) is 0 Å². The highest BCUT2D eigenvalue weighted by molar-refractivity contribution is 5.78. The quantitative estimate of drug-likeness (QED) is 0.732. The van der Waals surface area contributed by atoms with Crippen LogP contribution in [-0.2, 0) is 4.79 Å². The van der Waals surface area contributed by atoms with E-state index in [0.29, 0.717) is 25.6 Å². The van der Waals surface area contributed by atoms with Crippen molar-refractivity contribution in [1.82, 2.24) is 10.2 Å². The third-order valence-corrected chi connectivity index (χ3v) is 3.28. The van der Waals surface area contributed by atoms with Crippen molar-refractivity contribution in [3.8, 4) is 6.07 Å². The van der Waals surface area contributed by atoms with Crippen LogP contribution in [0.25, 0.3) is 0 Å².